The Kier molecular flexibility index (Phi) is 3.57. The highest BCUT2D eigenvalue weighted by molar-refractivity contribution is 6.62. The van der Waals surface area contributed by atoms with Crippen LogP contribution in [0.4, 0.5) is 0 Å². The summed E-state index contributed by atoms with van der Waals surface area (Å²) < 4.78 is 5.79. The van der Waals surface area contributed by atoms with Crippen molar-refractivity contribution in [2.75, 3.05) is 7.05 Å². The van der Waals surface area contributed by atoms with E-state index in [4.69, 9.17) is 4.65 Å². The van der Waals surface area contributed by atoms with Crippen LogP contribution in [0.3, 0.4) is 0 Å². The third-order valence-corrected chi connectivity index (χ3v) is 3.73. The molecule has 0 fully saturated rings. The zero-order valence-electron chi connectivity index (χ0n) is 10.8. The number of fused-ring (bicyclic) bond motifs is 1. The topological polar surface area (TPSA) is 41.5 Å². The molecule has 0 amide bonds. The summed E-state index contributed by atoms with van der Waals surface area (Å²) in [6.45, 7) is 5.02. The molecule has 0 saturated heterocycles. The van der Waals surface area contributed by atoms with Gasteiger partial charge in [-0.2, -0.15) is 0 Å². The van der Waals surface area contributed by atoms with Crippen LogP contribution in [0.5, 0.6) is 0 Å². The van der Waals surface area contributed by atoms with Gasteiger partial charge in [0.1, 0.15) is 0 Å². The third kappa shape index (κ3) is 2.01. The molecule has 92 valence electrons. The van der Waals surface area contributed by atoms with E-state index in [1.165, 1.54) is 5.56 Å². The first-order chi connectivity index (χ1) is 8.16. The third-order valence-electron chi connectivity index (χ3n) is 3.73. The predicted octanol–water partition coefficient (Wildman–Crippen LogP) is 1.14. The maximum atomic E-state index is 10.0. The molecule has 1 heterocycles. The molecule has 0 radical (unpaired) electrons. The average Bonchev–Trinajstić information content (AvgIpc) is 2.63. The van der Waals surface area contributed by atoms with Crippen molar-refractivity contribution in [3.05, 3.63) is 29.3 Å². The molecule has 2 N–H and O–H groups in total. The Morgan fingerprint density at radius 1 is 1.35 bits per heavy atom. The summed E-state index contributed by atoms with van der Waals surface area (Å²) in [5.41, 5.74) is 2.96. The molecular formula is C13H20BNO2. The van der Waals surface area contributed by atoms with Gasteiger partial charge in [0, 0.05) is 6.54 Å². The van der Waals surface area contributed by atoms with Crippen LogP contribution in [0.25, 0.3) is 0 Å². The van der Waals surface area contributed by atoms with E-state index in [1.54, 1.807) is 0 Å². The first-order valence-electron chi connectivity index (χ1n) is 6.30. The molecule has 0 spiro atoms. The Hall–Kier alpha value is -0.835. The Bertz CT molecular complexity index is 404. The SMILES string of the molecule is CCC1(CC)OB(O)c2cc(CNC)ccc21. The predicted molar refractivity (Wildman–Crippen MR) is 70.2 cm³/mol. The van der Waals surface area contributed by atoms with Crippen molar-refractivity contribution >= 4 is 12.6 Å². The molecule has 0 unspecified atom stereocenters. The van der Waals surface area contributed by atoms with Crippen molar-refractivity contribution < 1.29 is 9.68 Å². The van der Waals surface area contributed by atoms with E-state index in [-0.39, 0.29) is 5.60 Å². The van der Waals surface area contributed by atoms with Crippen molar-refractivity contribution in [2.45, 2.75) is 38.8 Å². The maximum Gasteiger partial charge on any atom is 0.492 e. The van der Waals surface area contributed by atoms with Crippen LogP contribution in [0.15, 0.2) is 18.2 Å². The molecule has 2 rings (SSSR count). The van der Waals surface area contributed by atoms with Gasteiger partial charge in [-0.25, -0.2) is 0 Å². The van der Waals surface area contributed by atoms with E-state index < -0.39 is 7.12 Å². The lowest BCUT2D eigenvalue weighted by molar-refractivity contribution is 0.0520. The van der Waals surface area contributed by atoms with E-state index >= 15 is 0 Å². The van der Waals surface area contributed by atoms with E-state index in [0.29, 0.717) is 0 Å². The summed E-state index contributed by atoms with van der Waals surface area (Å²) in [5, 5.41) is 13.1. The Labute approximate surface area is 103 Å². The van der Waals surface area contributed by atoms with Gasteiger partial charge in [0.25, 0.3) is 0 Å². The molecule has 0 atom stereocenters. The number of hydrogen-bond donors (Lipinski definition) is 2. The molecule has 1 aromatic rings. The number of hydrogen-bond acceptors (Lipinski definition) is 3. The van der Waals surface area contributed by atoms with Gasteiger partial charge in [0.15, 0.2) is 0 Å². The molecule has 17 heavy (non-hydrogen) atoms. The number of rotatable bonds is 4. The highest BCUT2D eigenvalue weighted by atomic mass is 16.5. The van der Waals surface area contributed by atoms with Gasteiger partial charge in [0.2, 0.25) is 0 Å². The zero-order valence-corrected chi connectivity index (χ0v) is 10.8. The van der Waals surface area contributed by atoms with Crippen molar-refractivity contribution in [1.82, 2.24) is 5.32 Å². The van der Waals surface area contributed by atoms with Gasteiger partial charge >= 0.3 is 7.12 Å². The largest absolute Gasteiger partial charge is 0.492 e. The smallest absolute Gasteiger partial charge is 0.423 e. The molecule has 0 aromatic heterocycles. The van der Waals surface area contributed by atoms with Crippen LogP contribution < -0.4 is 10.8 Å². The number of benzene rings is 1. The van der Waals surface area contributed by atoms with Gasteiger partial charge in [-0.05, 0) is 36.5 Å². The van der Waals surface area contributed by atoms with E-state index in [9.17, 15) is 5.02 Å². The highest BCUT2D eigenvalue weighted by Gasteiger charge is 2.44. The Balaban J connectivity index is 2.43. The monoisotopic (exact) mass is 233 g/mol. The van der Waals surface area contributed by atoms with E-state index in [1.807, 2.05) is 13.1 Å². The van der Waals surface area contributed by atoms with Crippen molar-refractivity contribution in [3.63, 3.8) is 0 Å². The van der Waals surface area contributed by atoms with Crippen molar-refractivity contribution in [1.29, 1.82) is 0 Å². The van der Waals surface area contributed by atoms with Gasteiger partial charge in [-0.1, -0.05) is 32.0 Å². The van der Waals surface area contributed by atoms with Crippen LogP contribution in [0.2, 0.25) is 0 Å². The molecule has 0 aliphatic carbocycles. The Morgan fingerprint density at radius 2 is 2.06 bits per heavy atom. The summed E-state index contributed by atoms with van der Waals surface area (Å²) in [4.78, 5) is 0. The first-order valence-corrected chi connectivity index (χ1v) is 6.30. The Morgan fingerprint density at radius 3 is 2.65 bits per heavy atom. The second kappa shape index (κ2) is 4.80. The van der Waals surface area contributed by atoms with Crippen molar-refractivity contribution in [2.24, 2.45) is 0 Å². The normalized spacial score (nSPS) is 17.3. The zero-order chi connectivity index (χ0) is 12.5. The van der Waals surface area contributed by atoms with Crippen LogP contribution >= 0.6 is 0 Å². The summed E-state index contributed by atoms with van der Waals surface area (Å²) in [6.07, 6.45) is 1.78. The quantitative estimate of drug-likeness (QED) is 0.766. The average molecular weight is 233 g/mol. The minimum Gasteiger partial charge on any atom is -0.423 e. The van der Waals surface area contributed by atoms with Gasteiger partial charge in [-0.3, -0.25) is 0 Å². The fraction of sp³-hybridized carbons (Fsp3) is 0.538. The first kappa shape index (κ1) is 12.6. The molecular weight excluding hydrogens is 213 g/mol. The lowest BCUT2D eigenvalue weighted by Gasteiger charge is -2.28. The fourth-order valence-electron chi connectivity index (χ4n) is 2.68. The van der Waals surface area contributed by atoms with Crippen molar-refractivity contribution in [3.8, 4) is 0 Å². The molecule has 0 saturated carbocycles. The van der Waals surface area contributed by atoms with Crippen LogP contribution in [0, 0.1) is 0 Å². The minimum atomic E-state index is -0.776. The summed E-state index contributed by atoms with van der Waals surface area (Å²) >= 11 is 0. The highest BCUT2D eigenvalue weighted by Crippen LogP contribution is 2.37. The summed E-state index contributed by atoms with van der Waals surface area (Å²) in [7, 11) is 1.14. The second-order valence-corrected chi connectivity index (χ2v) is 4.62. The van der Waals surface area contributed by atoms with Crippen LogP contribution in [-0.4, -0.2) is 19.2 Å². The molecule has 3 nitrogen and oxygen atoms in total. The van der Waals surface area contributed by atoms with Crippen LogP contribution in [0.1, 0.15) is 37.8 Å². The maximum absolute atomic E-state index is 10.0. The fourth-order valence-corrected chi connectivity index (χ4v) is 2.68. The standard InChI is InChI=1S/C13H20BNO2/c1-4-13(5-2)11-7-6-10(9-15-3)8-12(11)14(16)17-13/h6-8,15-16H,4-5,9H2,1-3H3. The minimum absolute atomic E-state index is 0.299. The van der Waals surface area contributed by atoms with Gasteiger partial charge < -0.3 is 15.0 Å². The molecule has 1 aliphatic rings. The van der Waals surface area contributed by atoms with Crippen LogP contribution in [-0.2, 0) is 16.8 Å². The molecule has 1 aliphatic heterocycles. The molecule has 4 heteroatoms. The van der Waals surface area contributed by atoms with Gasteiger partial charge in [0.05, 0.1) is 5.60 Å². The lowest BCUT2D eigenvalue weighted by atomic mass is 9.76. The molecule has 1 aromatic carbocycles. The summed E-state index contributed by atoms with van der Waals surface area (Å²) in [5.74, 6) is 0. The van der Waals surface area contributed by atoms with Gasteiger partial charge in [-0.15, -0.1) is 0 Å². The lowest BCUT2D eigenvalue weighted by Crippen LogP contribution is -2.30. The van der Waals surface area contributed by atoms with E-state index in [2.05, 4.69) is 31.3 Å². The van der Waals surface area contributed by atoms with E-state index in [0.717, 1.165) is 30.4 Å². The molecule has 0 bridgehead atoms. The summed E-state index contributed by atoms with van der Waals surface area (Å²) in [6, 6.07) is 6.26. The second-order valence-electron chi connectivity index (χ2n) is 4.62. The number of nitrogens with one attached hydrogen (secondary N) is 1.